The molecule has 0 aliphatic carbocycles. The number of amides is 2. The molecule has 0 radical (unpaired) electrons. The smallest absolute Gasteiger partial charge is 0.412 e. The minimum absolute atomic E-state index is 0.219. The van der Waals surface area contributed by atoms with Crippen LogP contribution in [0.15, 0.2) is 24.3 Å². The highest BCUT2D eigenvalue weighted by Crippen LogP contribution is 2.19. The Morgan fingerprint density at radius 3 is 2.69 bits per heavy atom. The molecule has 0 aromatic heterocycles. The van der Waals surface area contributed by atoms with E-state index < -0.39 is 12.0 Å². The van der Waals surface area contributed by atoms with E-state index in [2.05, 4.69) is 5.32 Å². The zero-order valence-corrected chi connectivity index (χ0v) is 8.73. The quantitative estimate of drug-likeness (QED) is 0.767. The van der Waals surface area contributed by atoms with Gasteiger partial charge in [0.05, 0.1) is 0 Å². The van der Waals surface area contributed by atoms with Crippen LogP contribution in [0.4, 0.5) is 4.79 Å². The van der Waals surface area contributed by atoms with Crippen molar-refractivity contribution in [2.75, 3.05) is 13.7 Å². The van der Waals surface area contributed by atoms with Gasteiger partial charge >= 0.3 is 6.09 Å². The maximum absolute atomic E-state index is 10.9. The summed E-state index contributed by atoms with van der Waals surface area (Å²) < 4.78 is 9.90. The topological polar surface area (TPSA) is 90.7 Å². The third kappa shape index (κ3) is 3.87. The first kappa shape index (κ1) is 11.8. The Bertz CT molecular complexity index is 392. The van der Waals surface area contributed by atoms with Crippen molar-refractivity contribution in [3.05, 3.63) is 24.3 Å². The molecular formula is C10H12N2O4. The first-order valence-electron chi connectivity index (χ1n) is 4.52. The van der Waals surface area contributed by atoms with Gasteiger partial charge in [-0.3, -0.25) is 4.79 Å². The zero-order valence-electron chi connectivity index (χ0n) is 8.73. The van der Waals surface area contributed by atoms with E-state index in [1.54, 1.807) is 18.2 Å². The maximum Gasteiger partial charge on any atom is 0.412 e. The van der Waals surface area contributed by atoms with Crippen LogP contribution in [0, 0.1) is 0 Å². The van der Waals surface area contributed by atoms with E-state index in [1.807, 2.05) is 0 Å². The Hall–Kier alpha value is -2.24. The van der Waals surface area contributed by atoms with Gasteiger partial charge < -0.3 is 20.5 Å². The Morgan fingerprint density at radius 1 is 1.38 bits per heavy atom. The minimum atomic E-state index is -0.577. The first-order valence-corrected chi connectivity index (χ1v) is 4.52. The highest BCUT2D eigenvalue weighted by Gasteiger charge is 2.03. The average Bonchev–Trinajstić information content (AvgIpc) is 2.26. The number of nitrogens with two attached hydrogens (primary N) is 1. The second-order valence-electron chi connectivity index (χ2n) is 2.87. The summed E-state index contributed by atoms with van der Waals surface area (Å²) in [5.74, 6) is 0.152. The van der Waals surface area contributed by atoms with Gasteiger partial charge in [-0.2, -0.15) is 0 Å². The van der Waals surface area contributed by atoms with Gasteiger partial charge in [-0.1, -0.05) is 6.07 Å². The number of carbonyl (C=O) groups excluding carboxylic acids is 2. The van der Waals surface area contributed by atoms with Gasteiger partial charge in [0.15, 0.2) is 6.61 Å². The molecule has 0 atom stereocenters. The molecule has 0 saturated carbocycles. The van der Waals surface area contributed by atoms with Crippen molar-refractivity contribution >= 4 is 12.0 Å². The molecule has 0 fully saturated rings. The van der Waals surface area contributed by atoms with E-state index in [9.17, 15) is 9.59 Å². The van der Waals surface area contributed by atoms with Gasteiger partial charge in [-0.05, 0) is 12.1 Å². The number of rotatable bonds is 4. The fourth-order valence-electron chi connectivity index (χ4n) is 0.940. The Labute approximate surface area is 92.3 Å². The fourth-order valence-corrected chi connectivity index (χ4v) is 0.940. The van der Waals surface area contributed by atoms with Crippen LogP contribution in [0.2, 0.25) is 0 Å². The van der Waals surface area contributed by atoms with Crippen molar-refractivity contribution in [2.24, 2.45) is 5.73 Å². The van der Waals surface area contributed by atoms with Crippen molar-refractivity contribution in [2.45, 2.75) is 0 Å². The average molecular weight is 224 g/mol. The predicted molar refractivity (Wildman–Crippen MR) is 56.2 cm³/mol. The standard InChI is InChI=1S/C10H12N2O4/c1-12-10(14)16-8-4-2-3-7(5-8)15-6-9(11)13/h2-5H,6H2,1H3,(H2,11,13)(H,12,14). The number of nitrogens with one attached hydrogen (secondary N) is 1. The summed E-state index contributed by atoms with van der Waals surface area (Å²) in [6.45, 7) is -0.219. The Morgan fingerprint density at radius 2 is 2.06 bits per heavy atom. The largest absolute Gasteiger partial charge is 0.484 e. The molecule has 1 rings (SSSR count). The van der Waals surface area contributed by atoms with Crippen molar-refractivity contribution in [1.29, 1.82) is 0 Å². The van der Waals surface area contributed by atoms with E-state index in [4.69, 9.17) is 15.2 Å². The molecule has 0 bridgehead atoms. The van der Waals surface area contributed by atoms with E-state index in [-0.39, 0.29) is 6.61 Å². The lowest BCUT2D eigenvalue weighted by Gasteiger charge is -2.06. The molecule has 0 aliphatic heterocycles. The summed E-state index contributed by atoms with van der Waals surface area (Å²) in [6.07, 6.45) is -0.577. The Kier molecular flexibility index (Phi) is 4.14. The molecule has 2 amide bonds. The predicted octanol–water partition coefficient (Wildman–Crippen LogP) is 0.269. The van der Waals surface area contributed by atoms with Gasteiger partial charge in [0.25, 0.3) is 5.91 Å². The number of ether oxygens (including phenoxy) is 2. The second-order valence-corrected chi connectivity index (χ2v) is 2.87. The molecule has 0 spiro atoms. The number of hydrogen-bond acceptors (Lipinski definition) is 4. The summed E-state index contributed by atoms with van der Waals surface area (Å²) in [5.41, 5.74) is 4.92. The molecular weight excluding hydrogens is 212 g/mol. The van der Waals surface area contributed by atoms with Crippen LogP contribution in [0.25, 0.3) is 0 Å². The van der Waals surface area contributed by atoms with Gasteiger partial charge in [0, 0.05) is 13.1 Å². The molecule has 16 heavy (non-hydrogen) atoms. The fraction of sp³-hybridized carbons (Fsp3) is 0.200. The van der Waals surface area contributed by atoms with Crippen molar-refractivity contribution < 1.29 is 19.1 Å². The highest BCUT2D eigenvalue weighted by molar-refractivity contribution is 5.75. The molecule has 1 aromatic carbocycles. The van der Waals surface area contributed by atoms with Crippen molar-refractivity contribution in [1.82, 2.24) is 5.32 Å². The second kappa shape index (κ2) is 5.59. The number of hydrogen-bond donors (Lipinski definition) is 2. The highest BCUT2D eigenvalue weighted by atomic mass is 16.6. The normalized spacial score (nSPS) is 9.31. The molecule has 3 N–H and O–H groups in total. The molecule has 0 saturated heterocycles. The molecule has 1 aromatic rings. The monoisotopic (exact) mass is 224 g/mol. The molecule has 0 unspecified atom stereocenters. The molecule has 0 heterocycles. The summed E-state index contributed by atoms with van der Waals surface area (Å²) in [6, 6.07) is 6.33. The van der Waals surface area contributed by atoms with E-state index in [0.717, 1.165) is 0 Å². The summed E-state index contributed by atoms with van der Waals surface area (Å²) in [7, 11) is 1.45. The maximum atomic E-state index is 10.9. The van der Waals surface area contributed by atoms with Crippen LogP contribution in [-0.2, 0) is 4.79 Å². The third-order valence-corrected chi connectivity index (χ3v) is 1.60. The van der Waals surface area contributed by atoms with Crippen LogP contribution in [0.3, 0.4) is 0 Å². The SMILES string of the molecule is CNC(=O)Oc1cccc(OCC(N)=O)c1. The summed E-state index contributed by atoms with van der Waals surface area (Å²) in [5, 5.41) is 2.31. The van der Waals surface area contributed by atoms with Gasteiger partial charge in [0.1, 0.15) is 11.5 Å². The van der Waals surface area contributed by atoms with Gasteiger partial charge in [-0.15, -0.1) is 0 Å². The van der Waals surface area contributed by atoms with Gasteiger partial charge in [-0.25, -0.2) is 4.79 Å². The third-order valence-electron chi connectivity index (χ3n) is 1.60. The van der Waals surface area contributed by atoms with E-state index in [1.165, 1.54) is 13.1 Å². The first-order chi connectivity index (χ1) is 7.61. The lowest BCUT2D eigenvalue weighted by molar-refractivity contribution is -0.119. The molecule has 6 heteroatoms. The van der Waals surface area contributed by atoms with Crippen LogP contribution in [0.1, 0.15) is 0 Å². The minimum Gasteiger partial charge on any atom is -0.484 e. The van der Waals surface area contributed by atoms with Gasteiger partial charge in [0.2, 0.25) is 0 Å². The number of primary amides is 1. The summed E-state index contributed by atoms with van der Waals surface area (Å²) in [4.78, 5) is 21.4. The Balaban J connectivity index is 2.63. The molecule has 86 valence electrons. The van der Waals surface area contributed by atoms with Crippen LogP contribution < -0.4 is 20.5 Å². The number of benzene rings is 1. The van der Waals surface area contributed by atoms with Crippen molar-refractivity contribution in [3.63, 3.8) is 0 Å². The van der Waals surface area contributed by atoms with E-state index >= 15 is 0 Å². The molecule has 0 aliphatic rings. The van der Waals surface area contributed by atoms with Crippen molar-refractivity contribution in [3.8, 4) is 11.5 Å². The lowest BCUT2D eigenvalue weighted by Crippen LogP contribution is -2.22. The van der Waals surface area contributed by atoms with Crippen LogP contribution in [-0.4, -0.2) is 25.7 Å². The van der Waals surface area contributed by atoms with Crippen LogP contribution >= 0.6 is 0 Å². The zero-order chi connectivity index (χ0) is 12.0. The number of carbonyl (C=O) groups is 2. The van der Waals surface area contributed by atoms with E-state index in [0.29, 0.717) is 11.5 Å². The summed E-state index contributed by atoms with van der Waals surface area (Å²) >= 11 is 0. The van der Waals surface area contributed by atoms with Crippen LogP contribution in [0.5, 0.6) is 11.5 Å². The molecule has 6 nitrogen and oxygen atoms in total. The lowest BCUT2D eigenvalue weighted by atomic mass is 10.3.